The van der Waals surface area contributed by atoms with Gasteiger partial charge in [-0.15, -0.1) is 0 Å². The summed E-state index contributed by atoms with van der Waals surface area (Å²) in [5.74, 6) is 0.775. The van der Waals surface area contributed by atoms with Gasteiger partial charge in [-0.25, -0.2) is 9.78 Å². The van der Waals surface area contributed by atoms with E-state index >= 15 is 0 Å². The van der Waals surface area contributed by atoms with Crippen LogP contribution >= 0.6 is 11.8 Å². The van der Waals surface area contributed by atoms with Crippen LogP contribution in [0.1, 0.15) is 48.0 Å². The lowest BCUT2D eigenvalue weighted by atomic mass is 9.94. The zero-order chi connectivity index (χ0) is 14.0. The molecule has 2 rings (SSSR count). The smallest absolute Gasteiger partial charge is 0.360 e. The van der Waals surface area contributed by atoms with Crippen LogP contribution in [0.15, 0.2) is 0 Å². The highest BCUT2D eigenvalue weighted by molar-refractivity contribution is 7.99. The quantitative estimate of drug-likeness (QED) is 0.863. The van der Waals surface area contributed by atoms with Crippen molar-refractivity contribution in [2.75, 3.05) is 19.1 Å². The third-order valence-electron chi connectivity index (χ3n) is 3.80. The summed E-state index contributed by atoms with van der Waals surface area (Å²) in [5.41, 5.74) is 6.33. The molecule has 0 amide bonds. The second kappa shape index (κ2) is 5.86. The fourth-order valence-electron chi connectivity index (χ4n) is 2.84. The lowest BCUT2D eigenvalue weighted by Crippen LogP contribution is -2.22. The summed E-state index contributed by atoms with van der Waals surface area (Å²) in [4.78, 5) is 15.9. The molecule has 0 radical (unpaired) electrons. The van der Waals surface area contributed by atoms with Gasteiger partial charge in [-0.2, -0.15) is 11.8 Å². The molecule has 1 fully saturated rings. The summed E-state index contributed by atoms with van der Waals surface area (Å²) in [7, 11) is 1.35. The lowest BCUT2D eigenvalue weighted by Gasteiger charge is -2.30. The number of carbonyl (C=O) groups excluding carboxylic acids is 1. The maximum Gasteiger partial charge on any atom is 0.360 e. The number of methoxy groups -OCH3 is 1. The Morgan fingerprint density at radius 2 is 2.26 bits per heavy atom. The number of anilines is 1. The third kappa shape index (κ3) is 2.73. The van der Waals surface area contributed by atoms with Crippen LogP contribution in [0.4, 0.5) is 5.82 Å². The van der Waals surface area contributed by atoms with Crippen LogP contribution in [0.2, 0.25) is 0 Å². The number of carbonyl (C=O) groups is 1. The van der Waals surface area contributed by atoms with Gasteiger partial charge in [-0.1, -0.05) is 6.42 Å². The number of hydrogen-bond acceptors (Lipinski definition) is 5. The van der Waals surface area contributed by atoms with Crippen LogP contribution in [0.25, 0.3) is 0 Å². The SMILES string of the molecule is COC(=O)c1nc(C)n(C2CCCC(SC)C2)c1N. The topological polar surface area (TPSA) is 70.1 Å². The number of nitrogen functional groups attached to an aromatic ring is 1. The molecule has 0 spiro atoms. The Hall–Kier alpha value is -1.17. The normalized spacial score (nSPS) is 23.3. The number of hydrogen-bond donors (Lipinski definition) is 1. The molecule has 1 heterocycles. The van der Waals surface area contributed by atoms with E-state index in [1.165, 1.54) is 20.0 Å². The fraction of sp³-hybridized carbons (Fsp3) is 0.692. The Kier molecular flexibility index (Phi) is 4.39. The molecule has 6 heteroatoms. The molecule has 1 aromatic heterocycles. The Bertz CT molecular complexity index is 473. The van der Waals surface area contributed by atoms with Crippen molar-refractivity contribution < 1.29 is 9.53 Å². The molecule has 0 aliphatic heterocycles. The number of nitrogens with zero attached hydrogens (tertiary/aromatic N) is 2. The first-order valence-corrected chi connectivity index (χ1v) is 7.82. The molecule has 5 nitrogen and oxygen atoms in total. The Morgan fingerprint density at radius 3 is 2.89 bits per heavy atom. The van der Waals surface area contributed by atoms with Crippen LogP contribution in [0.3, 0.4) is 0 Å². The fourth-order valence-corrected chi connectivity index (χ4v) is 3.66. The van der Waals surface area contributed by atoms with E-state index in [1.54, 1.807) is 0 Å². The Labute approximate surface area is 117 Å². The summed E-state index contributed by atoms with van der Waals surface area (Å²) in [6.07, 6.45) is 6.79. The van der Waals surface area contributed by atoms with Crippen molar-refractivity contribution in [1.29, 1.82) is 0 Å². The largest absolute Gasteiger partial charge is 0.464 e. The summed E-state index contributed by atoms with van der Waals surface area (Å²) in [6, 6.07) is 0.345. The van der Waals surface area contributed by atoms with E-state index in [4.69, 9.17) is 10.5 Å². The van der Waals surface area contributed by atoms with Gasteiger partial charge in [0.05, 0.1) is 7.11 Å². The number of aryl methyl sites for hydroxylation is 1. The Balaban J connectivity index is 2.29. The van der Waals surface area contributed by atoms with Gasteiger partial charge < -0.3 is 15.0 Å². The number of aromatic nitrogens is 2. The maximum atomic E-state index is 11.6. The van der Waals surface area contributed by atoms with E-state index in [9.17, 15) is 4.79 Å². The van der Waals surface area contributed by atoms with E-state index in [0.717, 1.165) is 18.7 Å². The highest BCUT2D eigenvalue weighted by atomic mass is 32.2. The molecule has 1 aromatic rings. The molecule has 1 saturated carbocycles. The first-order chi connectivity index (χ1) is 9.08. The third-order valence-corrected chi connectivity index (χ3v) is 4.89. The van der Waals surface area contributed by atoms with Crippen LogP contribution in [-0.2, 0) is 4.74 Å². The van der Waals surface area contributed by atoms with Gasteiger partial charge in [0.15, 0.2) is 5.69 Å². The highest BCUT2D eigenvalue weighted by Crippen LogP contribution is 2.36. The molecular weight excluding hydrogens is 262 g/mol. The number of esters is 1. The van der Waals surface area contributed by atoms with Crippen molar-refractivity contribution in [3.05, 3.63) is 11.5 Å². The maximum absolute atomic E-state index is 11.6. The minimum atomic E-state index is -0.462. The van der Waals surface area contributed by atoms with Crippen molar-refractivity contribution in [2.24, 2.45) is 0 Å². The van der Waals surface area contributed by atoms with Crippen LogP contribution in [0, 0.1) is 6.92 Å². The van der Waals surface area contributed by atoms with E-state index in [1.807, 2.05) is 23.3 Å². The molecule has 0 saturated heterocycles. The molecule has 0 aromatic carbocycles. The van der Waals surface area contributed by atoms with Gasteiger partial charge in [0.1, 0.15) is 11.6 Å². The zero-order valence-electron chi connectivity index (χ0n) is 11.7. The van der Waals surface area contributed by atoms with Gasteiger partial charge in [-0.05, 0) is 32.4 Å². The number of imidazole rings is 1. The van der Waals surface area contributed by atoms with Crippen molar-refractivity contribution >= 4 is 23.5 Å². The average molecular weight is 283 g/mol. The van der Waals surface area contributed by atoms with Crippen LogP contribution < -0.4 is 5.73 Å². The number of thioether (sulfide) groups is 1. The van der Waals surface area contributed by atoms with Gasteiger partial charge in [0, 0.05) is 11.3 Å². The van der Waals surface area contributed by atoms with E-state index in [-0.39, 0.29) is 5.69 Å². The van der Waals surface area contributed by atoms with Gasteiger partial charge >= 0.3 is 5.97 Å². The second-order valence-corrected chi connectivity index (χ2v) is 6.07. The summed E-state index contributed by atoms with van der Waals surface area (Å²) in [5, 5.41) is 0.668. The first kappa shape index (κ1) is 14.2. The Morgan fingerprint density at radius 1 is 1.53 bits per heavy atom. The van der Waals surface area contributed by atoms with Gasteiger partial charge in [0.2, 0.25) is 0 Å². The van der Waals surface area contributed by atoms with Crippen molar-refractivity contribution in [2.45, 2.75) is 43.9 Å². The van der Waals surface area contributed by atoms with E-state index in [2.05, 4.69) is 11.2 Å². The standard InChI is InChI=1S/C13H21N3O2S/c1-8-15-11(13(17)18-2)12(14)16(8)9-5-4-6-10(7-9)19-3/h9-10H,4-7,14H2,1-3H3. The summed E-state index contributed by atoms with van der Waals surface area (Å²) >= 11 is 1.91. The van der Waals surface area contributed by atoms with Crippen LogP contribution in [-0.4, -0.2) is 34.1 Å². The highest BCUT2D eigenvalue weighted by Gasteiger charge is 2.28. The van der Waals surface area contributed by atoms with Gasteiger partial charge in [-0.3, -0.25) is 0 Å². The summed E-state index contributed by atoms with van der Waals surface area (Å²) < 4.78 is 6.72. The zero-order valence-corrected chi connectivity index (χ0v) is 12.5. The summed E-state index contributed by atoms with van der Waals surface area (Å²) in [6.45, 7) is 1.89. The second-order valence-electron chi connectivity index (χ2n) is 4.93. The molecular formula is C13H21N3O2S. The van der Waals surface area contributed by atoms with Crippen molar-refractivity contribution in [3.63, 3.8) is 0 Å². The molecule has 2 N–H and O–H groups in total. The number of rotatable bonds is 3. The van der Waals surface area contributed by atoms with Crippen molar-refractivity contribution in [3.8, 4) is 0 Å². The molecule has 1 aliphatic carbocycles. The van der Waals surface area contributed by atoms with Crippen LogP contribution in [0.5, 0.6) is 0 Å². The van der Waals surface area contributed by atoms with Crippen molar-refractivity contribution in [1.82, 2.24) is 9.55 Å². The van der Waals surface area contributed by atoms with Gasteiger partial charge in [0.25, 0.3) is 0 Å². The molecule has 2 atom stereocenters. The van der Waals surface area contributed by atoms with E-state index in [0.29, 0.717) is 17.1 Å². The number of ether oxygens (including phenoxy) is 1. The average Bonchev–Trinajstić information content (AvgIpc) is 2.73. The molecule has 2 unspecified atom stereocenters. The lowest BCUT2D eigenvalue weighted by molar-refractivity contribution is 0.0595. The minimum absolute atomic E-state index is 0.242. The number of nitrogens with two attached hydrogens (primary N) is 1. The van der Waals surface area contributed by atoms with E-state index < -0.39 is 5.97 Å². The molecule has 19 heavy (non-hydrogen) atoms. The molecule has 106 valence electrons. The first-order valence-electron chi connectivity index (χ1n) is 6.53. The predicted octanol–water partition coefficient (Wildman–Crippen LogP) is 2.41. The monoisotopic (exact) mass is 283 g/mol. The predicted molar refractivity (Wildman–Crippen MR) is 77.5 cm³/mol. The molecule has 1 aliphatic rings. The minimum Gasteiger partial charge on any atom is -0.464 e. The molecule has 0 bridgehead atoms.